The molecule has 0 atom stereocenters. The van der Waals surface area contributed by atoms with Crippen molar-refractivity contribution in [2.75, 3.05) is 0 Å². The lowest BCUT2D eigenvalue weighted by Crippen LogP contribution is -2.14. The van der Waals surface area contributed by atoms with Crippen LogP contribution in [0.4, 0.5) is 0 Å². The predicted molar refractivity (Wildman–Crippen MR) is 144 cm³/mol. The molecule has 0 fully saturated rings. The zero-order valence-electron chi connectivity index (χ0n) is 19.5. The number of rotatable bonds is 9. The Morgan fingerprint density at radius 1 is 0.943 bits per heavy atom. The number of nitrogens with one attached hydrogen (secondary N) is 1. The van der Waals surface area contributed by atoms with Crippen LogP contribution in [0.3, 0.4) is 0 Å². The molecule has 3 aromatic carbocycles. The largest absolute Gasteiger partial charge is 0.481 e. The van der Waals surface area contributed by atoms with Crippen molar-refractivity contribution in [3.05, 3.63) is 113 Å². The first-order valence-electron chi connectivity index (χ1n) is 11.5. The molecule has 174 valence electrons. The molecule has 1 aliphatic rings. The first-order valence-corrected chi connectivity index (χ1v) is 11.5. The molecule has 0 aliphatic carbocycles. The van der Waals surface area contributed by atoms with Gasteiger partial charge < -0.3 is 15.2 Å². The van der Waals surface area contributed by atoms with Crippen molar-refractivity contribution in [3.63, 3.8) is 0 Å². The Hall–Kier alpha value is -4.44. The Kier molecular flexibility index (Phi) is 7.22. The summed E-state index contributed by atoms with van der Waals surface area (Å²) in [5, 5.41) is 12.5. The molecule has 1 heterocycles. The van der Waals surface area contributed by atoms with E-state index in [0.29, 0.717) is 13.0 Å². The molecule has 3 aromatic rings. The van der Waals surface area contributed by atoms with Gasteiger partial charge in [0.1, 0.15) is 6.29 Å². The summed E-state index contributed by atoms with van der Waals surface area (Å²) in [5.74, 6) is -0.851. The van der Waals surface area contributed by atoms with Gasteiger partial charge in [0.2, 0.25) is 0 Å². The number of hydrogen-bond acceptors (Lipinski definition) is 3. The van der Waals surface area contributed by atoms with Crippen LogP contribution in [0.15, 0.2) is 80.0 Å². The second kappa shape index (κ2) is 10.7. The number of carbonyl (C=O) groups excluding carboxylic acids is 1. The van der Waals surface area contributed by atoms with E-state index in [1.807, 2.05) is 60.8 Å². The average molecular weight is 462 g/mol. The van der Waals surface area contributed by atoms with Crippen molar-refractivity contribution in [3.8, 4) is 22.3 Å². The summed E-state index contributed by atoms with van der Waals surface area (Å²) in [5.41, 5.74) is 10.2. The number of fused-ring (bicyclic) bond motifs is 1. The molecule has 0 aromatic heterocycles. The number of benzene rings is 3. The Morgan fingerprint density at radius 3 is 2.20 bits per heavy atom. The summed E-state index contributed by atoms with van der Waals surface area (Å²) in [6.07, 6.45) is 12.9. The molecule has 1 aliphatic heterocycles. The lowest BCUT2D eigenvalue weighted by molar-refractivity contribution is -0.136. The standard InChI is InChI=1S/C31H27NO3/c1-3-5-6-26-25(4-2)30(23-11-7-21(8-12-23)16-18-33)28-20-32-17-15-27(28)31(26)24-13-9-22(10-14-24)19-29(34)35/h3-15,17-18,32H,1-2,16,19-20H2,(H,34,35)/b6-5-. The van der Waals surface area contributed by atoms with Crippen LogP contribution >= 0.6 is 0 Å². The Morgan fingerprint density at radius 2 is 1.60 bits per heavy atom. The molecule has 0 radical (unpaired) electrons. The Bertz CT molecular complexity index is 1340. The van der Waals surface area contributed by atoms with E-state index in [-0.39, 0.29) is 6.42 Å². The lowest BCUT2D eigenvalue weighted by atomic mass is 9.80. The summed E-state index contributed by atoms with van der Waals surface area (Å²) in [6, 6.07) is 15.8. The normalized spacial score (nSPS) is 12.1. The average Bonchev–Trinajstić information content (AvgIpc) is 2.87. The third kappa shape index (κ3) is 4.92. The molecule has 2 N–H and O–H groups in total. The molecule has 0 bridgehead atoms. The summed E-state index contributed by atoms with van der Waals surface area (Å²) in [7, 11) is 0. The van der Waals surface area contributed by atoms with Gasteiger partial charge in [0.15, 0.2) is 0 Å². The number of carboxylic acid groups (broad SMARTS) is 1. The van der Waals surface area contributed by atoms with Gasteiger partial charge >= 0.3 is 5.97 Å². The van der Waals surface area contributed by atoms with Crippen molar-refractivity contribution in [2.24, 2.45) is 0 Å². The fourth-order valence-corrected chi connectivity index (χ4v) is 4.59. The van der Waals surface area contributed by atoms with Gasteiger partial charge in [0, 0.05) is 13.0 Å². The molecule has 0 unspecified atom stereocenters. The van der Waals surface area contributed by atoms with Crippen LogP contribution in [-0.2, 0) is 29.0 Å². The summed E-state index contributed by atoms with van der Waals surface area (Å²) in [4.78, 5) is 22.1. The fourth-order valence-electron chi connectivity index (χ4n) is 4.59. The highest BCUT2D eigenvalue weighted by atomic mass is 16.4. The molecule has 0 spiro atoms. The number of aliphatic carboxylic acids is 1. The lowest BCUT2D eigenvalue weighted by Gasteiger charge is -2.26. The highest BCUT2D eigenvalue weighted by Crippen LogP contribution is 2.43. The molecule has 0 saturated heterocycles. The van der Waals surface area contributed by atoms with Crippen molar-refractivity contribution in [1.82, 2.24) is 5.32 Å². The van der Waals surface area contributed by atoms with Gasteiger partial charge in [0.05, 0.1) is 6.42 Å². The molecular weight excluding hydrogens is 434 g/mol. The van der Waals surface area contributed by atoms with Gasteiger partial charge in [-0.25, -0.2) is 0 Å². The van der Waals surface area contributed by atoms with Crippen LogP contribution in [0.5, 0.6) is 0 Å². The maximum Gasteiger partial charge on any atom is 0.307 e. The molecule has 0 saturated carbocycles. The van der Waals surface area contributed by atoms with E-state index in [2.05, 4.69) is 36.7 Å². The SMILES string of the molecule is C=C/C=C\c1c(C=C)c(-c2ccc(CC=O)cc2)c2c(c1-c1ccc(CC(=O)O)cc1)C=CNC2. The van der Waals surface area contributed by atoms with Gasteiger partial charge in [-0.05, 0) is 67.9 Å². The first kappa shape index (κ1) is 23.7. The van der Waals surface area contributed by atoms with Crippen LogP contribution in [0.1, 0.15) is 33.4 Å². The Balaban J connectivity index is 2.00. The molecule has 4 heteroatoms. The van der Waals surface area contributed by atoms with Gasteiger partial charge in [-0.1, -0.05) is 86.0 Å². The van der Waals surface area contributed by atoms with Crippen LogP contribution in [0.25, 0.3) is 40.5 Å². The maximum atomic E-state index is 11.1. The second-order valence-corrected chi connectivity index (χ2v) is 8.32. The molecular formula is C31H27NO3. The van der Waals surface area contributed by atoms with E-state index in [0.717, 1.165) is 61.9 Å². The smallest absolute Gasteiger partial charge is 0.307 e. The topological polar surface area (TPSA) is 66.4 Å². The number of hydrogen-bond donors (Lipinski definition) is 2. The minimum atomic E-state index is -0.851. The zero-order valence-corrected chi connectivity index (χ0v) is 19.5. The van der Waals surface area contributed by atoms with Crippen molar-refractivity contribution in [2.45, 2.75) is 19.4 Å². The third-order valence-electron chi connectivity index (χ3n) is 6.13. The molecule has 35 heavy (non-hydrogen) atoms. The van der Waals surface area contributed by atoms with E-state index in [1.165, 1.54) is 0 Å². The number of aldehydes is 1. The van der Waals surface area contributed by atoms with Crippen LogP contribution in [0.2, 0.25) is 0 Å². The van der Waals surface area contributed by atoms with E-state index >= 15 is 0 Å². The quantitative estimate of drug-likeness (QED) is 0.290. The van der Waals surface area contributed by atoms with Gasteiger partial charge in [0.25, 0.3) is 0 Å². The summed E-state index contributed by atoms with van der Waals surface area (Å²) >= 11 is 0. The van der Waals surface area contributed by atoms with E-state index in [4.69, 9.17) is 5.11 Å². The van der Waals surface area contributed by atoms with Crippen molar-refractivity contribution < 1.29 is 14.7 Å². The second-order valence-electron chi connectivity index (χ2n) is 8.32. The molecule has 4 nitrogen and oxygen atoms in total. The highest BCUT2D eigenvalue weighted by Gasteiger charge is 2.23. The van der Waals surface area contributed by atoms with Crippen LogP contribution < -0.4 is 5.32 Å². The maximum absolute atomic E-state index is 11.1. The highest BCUT2D eigenvalue weighted by molar-refractivity contribution is 5.96. The monoisotopic (exact) mass is 461 g/mol. The van der Waals surface area contributed by atoms with Crippen molar-refractivity contribution >= 4 is 30.5 Å². The minimum Gasteiger partial charge on any atom is -0.481 e. The van der Waals surface area contributed by atoms with Crippen molar-refractivity contribution in [1.29, 1.82) is 0 Å². The van der Waals surface area contributed by atoms with E-state index in [1.54, 1.807) is 6.08 Å². The van der Waals surface area contributed by atoms with Gasteiger partial charge in [-0.2, -0.15) is 0 Å². The minimum absolute atomic E-state index is 0.0115. The molecule has 0 amide bonds. The van der Waals surface area contributed by atoms with Gasteiger partial charge in [-0.15, -0.1) is 0 Å². The van der Waals surface area contributed by atoms with E-state index < -0.39 is 5.97 Å². The fraction of sp³-hybridized carbons (Fsp3) is 0.0968. The molecule has 4 rings (SSSR count). The first-order chi connectivity index (χ1) is 17.1. The third-order valence-corrected chi connectivity index (χ3v) is 6.13. The van der Waals surface area contributed by atoms with E-state index in [9.17, 15) is 9.59 Å². The van der Waals surface area contributed by atoms with Crippen LogP contribution in [0, 0.1) is 0 Å². The predicted octanol–water partition coefficient (Wildman–Crippen LogP) is 6.31. The zero-order chi connectivity index (χ0) is 24.8. The van der Waals surface area contributed by atoms with Crippen LogP contribution in [-0.4, -0.2) is 17.4 Å². The van der Waals surface area contributed by atoms with Gasteiger partial charge in [-0.3, -0.25) is 4.79 Å². The summed E-state index contributed by atoms with van der Waals surface area (Å²) in [6.45, 7) is 8.66. The summed E-state index contributed by atoms with van der Waals surface area (Å²) < 4.78 is 0. The number of allylic oxidation sites excluding steroid dienone is 2. The number of carbonyl (C=O) groups is 2. The Labute approximate surface area is 205 Å². The number of carboxylic acids is 1.